The average Bonchev–Trinajstić information content (AvgIpc) is 3.52. The fourth-order valence-electron chi connectivity index (χ4n) is 4.90. The lowest BCUT2D eigenvalue weighted by molar-refractivity contribution is -0.164. The average molecular weight is 585 g/mol. The normalized spacial score (nSPS) is 37.6. The smallest absolute Gasteiger partial charge is 0.302 e. The van der Waals surface area contributed by atoms with Crippen LogP contribution in [0.25, 0.3) is 0 Å². The molecule has 0 bridgehead atoms. The van der Waals surface area contributed by atoms with Crippen molar-refractivity contribution in [3.05, 3.63) is 24.3 Å². The Labute approximate surface area is 240 Å². The Morgan fingerprint density at radius 2 is 1.44 bits per heavy atom. The summed E-state index contributed by atoms with van der Waals surface area (Å²) in [4.78, 5) is 20.3. The number of nitrogens with zero attached hydrogens (tertiary/aromatic N) is 2. The van der Waals surface area contributed by atoms with E-state index in [1.807, 2.05) is 19.9 Å². The van der Waals surface area contributed by atoms with E-state index in [1.54, 1.807) is 11.8 Å². The Hall–Kier alpha value is -1.21. The molecular weight excluding hydrogens is 540 g/mol. The molecule has 0 aromatic carbocycles. The second kappa shape index (κ2) is 15.7. The molecular formula is C28H44N2O7S2. The maximum absolute atomic E-state index is 11.0. The highest BCUT2D eigenvalue weighted by atomic mass is 32.2. The van der Waals surface area contributed by atoms with Crippen molar-refractivity contribution < 1.29 is 34.3 Å². The SMILES string of the molecule is CC=CCCC1=NC2C(O[C@H](CO)[C@@H](O)[C@@H]2O)S1.CC=CCCC1=NC2C(O[C@H](COC(C)=O)[C@@H](C)[C@@H]2C)S1. The molecule has 0 saturated carbocycles. The highest BCUT2D eigenvalue weighted by molar-refractivity contribution is 8.14. The highest BCUT2D eigenvalue weighted by Gasteiger charge is 2.48. The third-order valence-electron chi connectivity index (χ3n) is 7.45. The van der Waals surface area contributed by atoms with Crippen LogP contribution in [-0.2, 0) is 19.0 Å². The molecule has 11 heteroatoms. The number of hydrogen-bond donors (Lipinski definition) is 3. The van der Waals surface area contributed by atoms with E-state index in [0.717, 1.165) is 30.7 Å². The van der Waals surface area contributed by atoms with Gasteiger partial charge in [0.1, 0.15) is 41.8 Å². The molecule has 39 heavy (non-hydrogen) atoms. The van der Waals surface area contributed by atoms with Crippen LogP contribution >= 0.6 is 23.5 Å². The number of fused-ring (bicyclic) bond motifs is 2. The van der Waals surface area contributed by atoms with E-state index in [0.29, 0.717) is 18.4 Å². The second-order valence-electron chi connectivity index (χ2n) is 10.2. The largest absolute Gasteiger partial charge is 0.463 e. The second-order valence-corrected chi connectivity index (χ2v) is 12.6. The Morgan fingerprint density at radius 1 is 0.897 bits per heavy atom. The first kappa shape index (κ1) is 32.3. The number of thioether (sulfide) groups is 2. The van der Waals surface area contributed by atoms with E-state index in [1.165, 1.54) is 23.7 Å². The van der Waals surface area contributed by atoms with Crippen LogP contribution in [-0.4, -0.2) is 92.0 Å². The fourth-order valence-corrected chi connectivity index (χ4v) is 7.48. The van der Waals surface area contributed by atoms with Crippen LogP contribution in [0.1, 0.15) is 60.3 Å². The summed E-state index contributed by atoms with van der Waals surface area (Å²) in [6.45, 7) is 9.88. The van der Waals surface area contributed by atoms with Crippen LogP contribution in [0.15, 0.2) is 34.3 Å². The Kier molecular flexibility index (Phi) is 13.0. The highest BCUT2D eigenvalue weighted by Crippen LogP contribution is 2.42. The Morgan fingerprint density at radius 3 is 1.97 bits per heavy atom. The fraction of sp³-hybridized carbons (Fsp3) is 0.750. The molecule has 0 radical (unpaired) electrons. The van der Waals surface area contributed by atoms with Gasteiger partial charge in [-0.1, -0.05) is 61.7 Å². The third-order valence-corrected chi connectivity index (χ3v) is 9.86. The van der Waals surface area contributed by atoms with Gasteiger partial charge < -0.3 is 29.5 Å². The number of hydrogen-bond acceptors (Lipinski definition) is 11. The van der Waals surface area contributed by atoms with Crippen LogP contribution in [0.3, 0.4) is 0 Å². The molecule has 10 atom stereocenters. The van der Waals surface area contributed by atoms with Gasteiger partial charge in [-0.3, -0.25) is 14.8 Å². The maximum Gasteiger partial charge on any atom is 0.302 e. The number of carbonyl (C=O) groups excluding carboxylic acids is 1. The van der Waals surface area contributed by atoms with Crippen molar-refractivity contribution in [3.63, 3.8) is 0 Å². The molecule has 0 aliphatic carbocycles. The predicted molar refractivity (Wildman–Crippen MR) is 157 cm³/mol. The molecule has 0 amide bonds. The van der Waals surface area contributed by atoms with Gasteiger partial charge in [0.2, 0.25) is 0 Å². The maximum atomic E-state index is 11.0. The van der Waals surface area contributed by atoms with Gasteiger partial charge in [-0.05, 0) is 51.4 Å². The van der Waals surface area contributed by atoms with E-state index in [2.05, 4.69) is 37.1 Å². The van der Waals surface area contributed by atoms with Crippen molar-refractivity contribution in [1.29, 1.82) is 0 Å². The van der Waals surface area contributed by atoms with Gasteiger partial charge in [-0.25, -0.2) is 0 Å². The van der Waals surface area contributed by atoms with Crippen molar-refractivity contribution in [2.75, 3.05) is 13.2 Å². The Bertz CT molecular complexity index is 928. The van der Waals surface area contributed by atoms with Crippen molar-refractivity contribution in [2.45, 2.75) is 108 Å². The summed E-state index contributed by atoms with van der Waals surface area (Å²) in [5.74, 6) is 0.531. The topological polar surface area (TPSA) is 130 Å². The summed E-state index contributed by atoms with van der Waals surface area (Å²) in [6, 6.07) is -0.187. The van der Waals surface area contributed by atoms with Crippen molar-refractivity contribution in [2.24, 2.45) is 21.8 Å². The lowest BCUT2D eigenvalue weighted by atomic mass is 9.83. The van der Waals surface area contributed by atoms with E-state index in [9.17, 15) is 15.0 Å². The summed E-state index contributed by atoms with van der Waals surface area (Å²) in [5, 5.41) is 30.9. The minimum Gasteiger partial charge on any atom is -0.463 e. The molecule has 0 aromatic rings. The molecule has 3 N–H and O–H groups in total. The van der Waals surface area contributed by atoms with Crippen molar-refractivity contribution in [1.82, 2.24) is 0 Å². The molecule has 4 aliphatic heterocycles. The van der Waals surface area contributed by atoms with Gasteiger partial charge in [0, 0.05) is 6.92 Å². The van der Waals surface area contributed by atoms with E-state index in [4.69, 9.17) is 24.3 Å². The number of allylic oxidation sites excluding steroid dienone is 4. The first-order chi connectivity index (χ1) is 18.7. The zero-order chi connectivity index (χ0) is 28.5. The quantitative estimate of drug-likeness (QED) is 0.274. The standard InChI is InChI=1S/C16H25NO3S.C12H19NO4S/c1-5-6-7-8-14-17-15-11(3)10(2)13(9-19-12(4)18)20-16(15)21-14;1-2-3-4-5-8-13-9-11(16)10(15)7(6-14)17-12(9)18-8/h5-6,10-11,13,15-16H,7-9H2,1-4H3;2-3,7,9-12,14-16H,4-6H2,1H3/t10-,11-,13+,15?,16?;7-,9?,10-,11-,12?/m01/s1. The van der Waals surface area contributed by atoms with Gasteiger partial charge in [0.25, 0.3) is 0 Å². The molecule has 2 fully saturated rings. The number of aliphatic imine (C=N–C) groups is 2. The first-order valence-electron chi connectivity index (χ1n) is 13.8. The monoisotopic (exact) mass is 584 g/mol. The lowest BCUT2D eigenvalue weighted by Crippen LogP contribution is -2.55. The number of ether oxygens (including phenoxy) is 3. The Balaban J connectivity index is 0.000000218. The van der Waals surface area contributed by atoms with Crippen LogP contribution in [0.4, 0.5) is 0 Å². The van der Waals surface area contributed by atoms with Gasteiger partial charge in [-0.15, -0.1) is 0 Å². The number of carbonyl (C=O) groups is 1. The van der Waals surface area contributed by atoms with Crippen LogP contribution in [0, 0.1) is 11.8 Å². The first-order valence-corrected chi connectivity index (χ1v) is 15.6. The van der Waals surface area contributed by atoms with Gasteiger partial charge in [0.15, 0.2) is 0 Å². The van der Waals surface area contributed by atoms with Crippen LogP contribution in [0.5, 0.6) is 0 Å². The molecule has 4 aliphatic rings. The molecule has 220 valence electrons. The van der Waals surface area contributed by atoms with E-state index in [-0.39, 0.29) is 35.6 Å². The molecule has 2 saturated heterocycles. The van der Waals surface area contributed by atoms with Crippen molar-refractivity contribution in [3.8, 4) is 0 Å². The lowest BCUT2D eigenvalue weighted by Gasteiger charge is -2.40. The number of aliphatic hydroxyl groups is 3. The zero-order valence-corrected chi connectivity index (χ0v) is 25.1. The van der Waals surface area contributed by atoms with Gasteiger partial charge >= 0.3 is 5.97 Å². The van der Waals surface area contributed by atoms with E-state index >= 15 is 0 Å². The molecule has 0 aromatic heterocycles. The number of rotatable bonds is 9. The summed E-state index contributed by atoms with van der Waals surface area (Å²) < 4.78 is 16.8. The minimum absolute atomic E-state index is 0.0252. The molecule has 4 rings (SSSR count). The zero-order valence-electron chi connectivity index (χ0n) is 23.5. The predicted octanol–water partition coefficient (Wildman–Crippen LogP) is 3.71. The van der Waals surface area contributed by atoms with Crippen LogP contribution in [0.2, 0.25) is 0 Å². The number of aliphatic hydroxyl groups excluding tert-OH is 3. The molecule has 0 spiro atoms. The minimum atomic E-state index is -1.07. The summed E-state index contributed by atoms with van der Waals surface area (Å²) in [7, 11) is 0. The summed E-state index contributed by atoms with van der Waals surface area (Å²) >= 11 is 3.22. The van der Waals surface area contributed by atoms with E-state index < -0.39 is 24.4 Å². The molecule has 9 nitrogen and oxygen atoms in total. The molecule has 4 unspecified atom stereocenters. The number of esters is 1. The summed E-state index contributed by atoms with van der Waals surface area (Å²) in [5.41, 5.74) is -0.210. The van der Waals surface area contributed by atoms with Crippen molar-refractivity contribution >= 4 is 39.6 Å². The van der Waals surface area contributed by atoms with Crippen LogP contribution < -0.4 is 0 Å². The molecule has 4 heterocycles. The summed E-state index contributed by atoms with van der Waals surface area (Å²) in [6.07, 6.45) is 9.25. The third kappa shape index (κ3) is 8.64. The van der Waals surface area contributed by atoms with Gasteiger partial charge in [0.05, 0.1) is 28.8 Å². The van der Waals surface area contributed by atoms with Gasteiger partial charge in [-0.2, -0.15) is 0 Å².